The first-order valence-electron chi connectivity index (χ1n) is 6.23. The first-order chi connectivity index (χ1) is 8.49. The number of nitrogens with two attached hydrogens (primary N) is 1. The second-order valence-corrected chi connectivity index (χ2v) is 5.01. The maximum atomic E-state index is 11.8. The maximum absolute atomic E-state index is 11.8. The lowest BCUT2D eigenvalue weighted by molar-refractivity contribution is 0.196. The Hall–Kier alpha value is -1.11. The molecule has 1 saturated heterocycles. The summed E-state index contributed by atoms with van der Waals surface area (Å²) in [6.45, 7) is 2.40. The smallest absolute Gasteiger partial charge is 0.327 e. The zero-order valence-corrected chi connectivity index (χ0v) is 12.2. The minimum Gasteiger partial charge on any atom is -0.327 e. The van der Waals surface area contributed by atoms with E-state index in [0.717, 1.165) is 36.2 Å². The van der Waals surface area contributed by atoms with Crippen LogP contribution in [-0.4, -0.2) is 33.2 Å². The molecule has 1 unspecified atom stereocenters. The summed E-state index contributed by atoms with van der Waals surface area (Å²) in [5, 5.41) is 0. The molecule has 0 aliphatic carbocycles. The number of halogens is 1. The average molecular weight is 289 g/mol. The third-order valence-electron chi connectivity index (χ3n) is 3.55. The zero-order valence-electron chi connectivity index (χ0n) is 11.3. The van der Waals surface area contributed by atoms with Gasteiger partial charge in [-0.3, -0.25) is 18.8 Å². The second-order valence-electron chi connectivity index (χ2n) is 5.01. The Labute approximate surface area is 118 Å². The molecule has 0 radical (unpaired) electrons. The minimum absolute atomic E-state index is 0. The lowest BCUT2D eigenvalue weighted by atomic mass is 10.1. The van der Waals surface area contributed by atoms with Crippen molar-refractivity contribution in [2.45, 2.75) is 25.4 Å². The van der Waals surface area contributed by atoms with Crippen LogP contribution in [0.4, 0.5) is 0 Å². The number of rotatable bonds is 2. The van der Waals surface area contributed by atoms with Crippen LogP contribution >= 0.6 is 12.4 Å². The Bertz CT molecular complexity index is 552. The number of hydrogen-bond acceptors (Lipinski definition) is 4. The fourth-order valence-corrected chi connectivity index (χ4v) is 2.39. The van der Waals surface area contributed by atoms with Gasteiger partial charge in [0.1, 0.15) is 0 Å². The summed E-state index contributed by atoms with van der Waals surface area (Å²) in [6.07, 6.45) is 2.12. The lowest BCUT2D eigenvalue weighted by Gasteiger charge is -2.30. The molecule has 2 rings (SSSR count). The lowest BCUT2D eigenvalue weighted by Crippen LogP contribution is -2.44. The largest absolute Gasteiger partial charge is 0.330 e. The highest BCUT2D eigenvalue weighted by molar-refractivity contribution is 5.85. The Morgan fingerprint density at radius 2 is 2.00 bits per heavy atom. The summed E-state index contributed by atoms with van der Waals surface area (Å²) < 4.78 is 2.65. The summed E-state index contributed by atoms with van der Waals surface area (Å²) in [7, 11) is 3.19. The molecule has 0 amide bonds. The molecule has 1 atom stereocenters. The van der Waals surface area contributed by atoms with E-state index in [0.29, 0.717) is 6.54 Å². The molecule has 0 bridgehead atoms. The van der Waals surface area contributed by atoms with Crippen molar-refractivity contribution in [3.05, 3.63) is 32.6 Å². The van der Waals surface area contributed by atoms with Crippen LogP contribution in [0.15, 0.2) is 15.7 Å². The maximum Gasteiger partial charge on any atom is 0.330 e. The standard InChI is InChI=1S/C12H20N4O2.ClH/c1-14-10(6-11(17)15(2)12(14)18)8-16-5-3-4-9(13)7-16;/h6,9H,3-5,7-8,13H2,1-2H3;1H. The van der Waals surface area contributed by atoms with E-state index in [2.05, 4.69) is 4.90 Å². The van der Waals surface area contributed by atoms with Crippen molar-refractivity contribution in [2.75, 3.05) is 13.1 Å². The van der Waals surface area contributed by atoms with E-state index in [1.54, 1.807) is 7.05 Å². The SMILES string of the molecule is Cl.Cn1c(CN2CCCC(N)C2)cc(=O)n(C)c1=O. The van der Waals surface area contributed by atoms with Crippen molar-refractivity contribution < 1.29 is 0 Å². The molecule has 108 valence electrons. The van der Waals surface area contributed by atoms with Crippen LogP contribution in [-0.2, 0) is 20.6 Å². The van der Waals surface area contributed by atoms with Gasteiger partial charge in [-0.1, -0.05) is 0 Å². The van der Waals surface area contributed by atoms with Gasteiger partial charge in [-0.25, -0.2) is 4.79 Å². The Morgan fingerprint density at radius 3 is 2.63 bits per heavy atom. The van der Waals surface area contributed by atoms with Gasteiger partial charge >= 0.3 is 5.69 Å². The van der Waals surface area contributed by atoms with Gasteiger partial charge in [0, 0.05) is 45.0 Å². The zero-order chi connectivity index (χ0) is 13.3. The summed E-state index contributed by atoms with van der Waals surface area (Å²) in [4.78, 5) is 25.6. The Morgan fingerprint density at radius 1 is 1.32 bits per heavy atom. The molecule has 1 aliphatic heterocycles. The van der Waals surface area contributed by atoms with Crippen molar-refractivity contribution >= 4 is 12.4 Å². The Kier molecular flexibility index (Phi) is 5.34. The molecule has 19 heavy (non-hydrogen) atoms. The van der Waals surface area contributed by atoms with E-state index in [4.69, 9.17) is 5.73 Å². The molecule has 0 aromatic carbocycles. The van der Waals surface area contributed by atoms with Gasteiger partial charge in [0.25, 0.3) is 5.56 Å². The fourth-order valence-electron chi connectivity index (χ4n) is 2.39. The minimum atomic E-state index is -0.279. The van der Waals surface area contributed by atoms with E-state index < -0.39 is 0 Å². The number of piperidine rings is 1. The van der Waals surface area contributed by atoms with Crippen LogP contribution < -0.4 is 17.0 Å². The van der Waals surface area contributed by atoms with Gasteiger partial charge in [0.05, 0.1) is 0 Å². The van der Waals surface area contributed by atoms with Crippen molar-refractivity contribution in [1.82, 2.24) is 14.0 Å². The van der Waals surface area contributed by atoms with Gasteiger partial charge in [-0.2, -0.15) is 0 Å². The monoisotopic (exact) mass is 288 g/mol. The molecule has 1 fully saturated rings. The highest BCUT2D eigenvalue weighted by atomic mass is 35.5. The molecule has 1 aromatic rings. The van der Waals surface area contributed by atoms with Crippen molar-refractivity contribution in [2.24, 2.45) is 19.8 Å². The summed E-state index contributed by atoms with van der Waals surface area (Å²) in [6, 6.07) is 1.73. The van der Waals surface area contributed by atoms with Crippen molar-refractivity contribution in [3.8, 4) is 0 Å². The van der Waals surface area contributed by atoms with Crippen LogP contribution in [0.25, 0.3) is 0 Å². The molecule has 0 saturated carbocycles. The van der Waals surface area contributed by atoms with Gasteiger partial charge in [-0.15, -0.1) is 12.4 Å². The number of aromatic nitrogens is 2. The van der Waals surface area contributed by atoms with Gasteiger partial charge < -0.3 is 5.73 Å². The summed E-state index contributed by atoms with van der Waals surface area (Å²) >= 11 is 0. The Balaban J connectivity index is 0.00000180. The molecule has 1 aliphatic rings. The van der Waals surface area contributed by atoms with E-state index in [1.807, 2.05) is 0 Å². The van der Waals surface area contributed by atoms with Gasteiger partial charge in [-0.05, 0) is 19.4 Å². The predicted octanol–water partition coefficient (Wildman–Crippen LogP) is -0.571. The molecular weight excluding hydrogens is 268 g/mol. The van der Waals surface area contributed by atoms with Crippen LogP contribution in [0, 0.1) is 0 Å². The molecule has 2 heterocycles. The molecular formula is C12H21ClN4O2. The molecule has 1 aromatic heterocycles. The van der Waals surface area contributed by atoms with Gasteiger partial charge in [0.15, 0.2) is 0 Å². The first-order valence-corrected chi connectivity index (χ1v) is 6.23. The highest BCUT2D eigenvalue weighted by Crippen LogP contribution is 2.10. The van der Waals surface area contributed by atoms with Crippen LogP contribution in [0.5, 0.6) is 0 Å². The highest BCUT2D eigenvalue weighted by Gasteiger charge is 2.18. The van der Waals surface area contributed by atoms with E-state index in [9.17, 15) is 9.59 Å². The third-order valence-corrected chi connectivity index (χ3v) is 3.55. The molecule has 7 heteroatoms. The van der Waals surface area contributed by atoms with Crippen molar-refractivity contribution in [1.29, 1.82) is 0 Å². The number of hydrogen-bond donors (Lipinski definition) is 1. The third kappa shape index (κ3) is 3.46. The van der Waals surface area contributed by atoms with Crippen LogP contribution in [0.2, 0.25) is 0 Å². The quantitative estimate of drug-likeness (QED) is 0.791. The molecule has 0 spiro atoms. The average Bonchev–Trinajstić information content (AvgIpc) is 2.33. The topological polar surface area (TPSA) is 73.3 Å². The predicted molar refractivity (Wildman–Crippen MR) is 76.7 cm³/mol. The van der Waals surface area contributed by atoms with E-state index >= 15 is 0 Å². The second kappa shape index (κ2) is 6.36. The number of nitrogens with zero attached hydrogens (tertiary/aromatic N) is 3. The van der Waals surface area contributed by atoms with Crippen LogP contribution in [0.1, 0.15) is 18.5 Å². The molecule has 6 nitrogen and oxygen atoms in total. The summed E-state index contributed by atoms with van der Waals surface area (Å²) in [5.41, 5.74) is 6.14. The normalized spacial score (nSPS) is 20.1. The summed E-state index contributed by atoms with van der Waals surface area (Å²) in [5.74, 6) is 0. The van der Waals surface area contributed by atoms with E-state index in [1.165, 1.54) is 17.7 Å². The van der Waals surface area contributed by atoms with Gasteiger partial charge in [0.2, 0.25) is 0 Å². The van der Waals surface area contributed by atoms with Crippen LogP contribution in [0.3, 0.4) is 0 Å². The first kappa shape index (κ1) is 15.9. The molecule has 2 N–H and O–H groups in total. The van der Waals surface area contributed by atoms with E-state index in [-0.39, 0.29) is 29.7 Å². The number of likely N-dealkylation sites (tertiary alicyclic amines) is 1. The fraction of sp³-hybridized carbons (Fsp3) is 0.667. The van der Waals surface area contributed by atoms with Crippen molar-refractivity contribution in [3.63, 3.8) is 0 Å².